The first-order valence-electron chi connectivity index (χ1n) is 9.39. The van der Waals surface area contributed by atoms with Crippen LogP contribution in [0.2, 0.25) is 0 Å². The Morgan fingerprint density at radius 2 is 1.84 bits per heavy atom. The van der Waals surface area contributed by atoms with Crippen molar-refractivity contribution in [1.29, 1.82) is 0 Å². The van der Waals surface area contributed by atoms with Gasteiger partial charge in [0.05, 0.1) is 0 Å². The zero-order valence-electron chi connectivity index (χ0n) is 14.4. The van der Waals surface area contributed by atoms with E-state index in [2.05, 4.69) is 14.9 Å². The zero-order valence-corrected chi connectivity index (χ0v) is 14.4. The summed E-state index contributed by atoms with van der Waals surface area (Å²) < 4.78 is 38.5. The minimum Gasteiger partial charge on any atom is -0.356 e. The number of fused-ring (bicyclic) bond motifs is 1. The second-order valence-electron chi connectivity index (χ2n) is 7.78. The molecule has 0 spiro atoms. The minimum atomic E-state index is -4.41. The largest absolute Gasteiger partial charge is 0.433 e. The number of anilines is 1. The standard InChI is InChI=1S/C18H25F3N4/c19-18(20,21)16-8-17(23-12-22-16)24-7-6-15-14(10-24)11-25(15)9-13-4-2-1-3-5-13/h8,12-15H,1-7,9-11H2/t14-,15-/m1/s1. The Morgan fingerprint density at radius 3 is 2.56 bits per heavy atom. The number of hydrogen-bond acceptors (Lipinski definition) is 4. The van der Waals surface area contributed by atoms with E-state index in [1.165, 1.54) is 38.6 Å². The van der Waals surface area contributed by atoms with Crippen molar-refractivity contribution in [2.45, 2.75) is 50.7 Å². The summed E-state index contributed by atoms with van der Waals surface area (Å²) in [4.78, 5) is 12.0. The van der Waals surface area contributed by atoms with Crippen molar-refractivity contribution in [2.24, 2.45) is 11.8 Å². The van der Waals surface area contributed by atoms with Crippen molar-refractivity contribution in [3.8, 4) is 0 Å². The molecule has 4 nitrogen and oxygen atoms in total. The molecule has 0 bridgehead atoms. The number of hydrogen-bond donors (Lipinski definition) is 0. The molecule has 1 aromatic heterocycles. The van der Waals surface area contributed by atoms with E-state index in [4.69, 9.17) is 0 Å². The third-order valence-electron chi connectivity index (χ3n) is 6.12. The predicted molar refractivity (Wildman–Crippen MR) is 89.3 cm³/mol. The summed E-state index contributed by atoms with van der Waals surface area (Å²) in [5, 5.41) is 0. The van der Waals surface area contributed by atoms with Crippen molar-refractivity contribution in [3.05, 3.63) is 18.1 Å². The molecule has 3 fully saturated rings. The number of alkyl halides is 3. The molecule has 3 heterocycles. The predicted octanol–water partition coefficient (Wildman–Crippen LogP) is 3.59. The smallest absolute Gasteiger partial charge is 0.356 e. The highest BCUT2D eigenvalue weighted by atomic mass is 19.4. The van der Waals surface area contributed by atoms with Crippen LogP contribution in [0.5, 0.6) is 0 Å². The Labute approximate surface area is 146 Å². The zero-order chi connectivity index (χ0) is 17.4. The van der Waals surface area contributed by atoms with Crippen LogP contribution < -0.4 is 4.90 Å². The first kappa shape index (κ1) is 17.1. The van der Waals surface area contributed by atoms with E-state index >= 15 is 0 Å². The molecule has 2 saturated heterocycles. The molecule has 4 rings (SSSR count). The molecule has 2 atom stereocenters. The van der Waals surface area contributed by atoms with Crippen LogP contribution in [0.1, 0.15) is 44.2 Å². The molecule has 1 aromatic rings. The number of rotatable bonds is 3. The summed E-state index contributed by atoms with van der Waals surface area (Å²) >= 11 is 0. The van der Waals surface area contributed by atoms with Crippen LogP contribution in [0.15, 0.2) is 12.4 Å². The van der Waals surface area contributed by atoms with Crippen molar-refractivity contribution in [1.82, 2.24) is 14.9 Å². The van der Waals surface area contributed by atoms with Gasteiger partial charge in [0.15, 0.2) is 0 Å². The van der Waals surface area contributed by atoms with Crippen molar-refractivity contribution < 1.29 is 13.2 Å². The van der Waals surface area contributed by atoms with Gasteiger partial charge in [-0.05, 0) is 25.2 Å². The molecule has 7 heteroatoms. The van der Waals surface area contributed by atoms with E-state index in [-0.39, 0.29) is 0 Å². The summed E-state index contributed by atoms with van der Waals surface area (Å²) in [6.07, 6.45) is 4.48. The summed E-state index contributed by atoms with van der Waals surface area (Å²) in [6.45, 7) is 3.87. The fourth-order valence-electron chi connectivity index (χ4n) is 4.77. The first-order valence-corrected chi connectivity index (χ1v) is 9.39. The molecule has 1 aliphatic carbocycles. The molecule has 138 valence electrons. The van der Waals surface area contributed by atoms with Gasteiger partial charge in [0, 0.05) is 44.2 Å². The molecule has 1 saturated carbocycles. The molecule has 2 aliphatic heterocycles. The van der Waals surface area contributed by atoms with Crippen LogP contribution in [0.4, 0.5) is 19.0 Å². The molecular formula is C18H25F3N4. The van der Waals surface area contributed by atoms with E-state index in [0.29, 0.717) is 17.8 Å². The highest BCUT2D eigenvalue weighted by Crippen LogP contribution is 2.37. The number of aromatic nitrogens is 2. The van der Waals surface area contributed by atoms with E-state index in [1.54, 1.807) is 0 Å². The second-order valence-corrected chi connectivity index (χ2v) is 7.78. The molecule has 0 unspecified atom stereocenters. The van der Waals surface area contributed by atoms with E-state index < -0.39 is 11.9 Å². The third kappa shape index (κ3) is 3.61. The molecular weight excluding hydrogens is 329 g/mol. The topological polar surface area (TPSA) is 32.3 Å². The van der Waals surface area contributed by atoms with Gasteiger partial charge in [-0.2, -0.15) is 13.2 Å². The SMILES string of the molecule is FC(F)(F)c1cc(N2CC[C@@H]3[C@H](C2)CN3CC2CCCCC2)ncn1. The number of nitrogens with zero attached hydrogens (tertiary/aromatic N) is 4. The lowest BCUT2D eigenvalue weighted by Gasteiger charge is -2.54. The Balaban J connectivity index is 1.34. The van der Waals surface area contributed by atoms with Gasteiger partial charge < -0.3 is 4.90 Å². The van der Waals surface area contributed by atoms with E-state index in [9.17, 15) is 13.2 Å². The van der Waals surface area contributed by atoms with Gasteiger partial charge in [0.1, 0.15) is 17.8 Å². The van der Waals surface area contributed by atoms with Gasteiger partial charge in [-0.3, -0.25) is 4.90 Å². The number of piperidine rings is 1. The molecule has 0 amide bonds. The van der Waals surface area contributed by atoms with Crippen LogP contribution in [-0.2, 0) is 6.18 Å². The summed E-state index contributed by atoms with van der Waals surface area (Å²) in [7, 11) is 0. The van der Waals surface area contributed by atoms with Gasteiger partial charge in [-0.15, -0.1) is 0 Å². The highest BCUT2D eigenvalue weighted by Gasteiger charge is 2.43. The summed E-state index contributed by atoms with van der Waals surface area (Å²) in [5.41, 5.74) is -0.854. The van der Waals surface area contributed by atoms with Crippen LogP contribution in [-0.4, -0.2) is 47.1 Å². The lowest BCUT2D eigenvalue weighted by molar-refractivity contribution is -0.141. The molecule has 0 radical (unpaired) electrons. The van der Waals surface area contributed by atoms with Crippen LogP contribution in [0.25, 0.3) is 0 Å². The van der Waals surface area contributed by atoms with E-state index in [0.717, 1.165) is 44.4 Å². The number of halogens is 3. The fraction of sp³-hybridized carbons (Fsp3) is 0.778. The lowest BCUT2D eigenvalue weighted by Crippen LogP contribution is -2.64. The summed E-state index contributed by atoms with van der Waals surface area (Å²) in [5.74, 6) is 1.82. The third-order valence-corrected chi connectivity index (χ3v) is 6.12. The average molecular weight is 354 g/mol. The Morgan fingerprint density at radius 1 is 1.04 bits per heavy atom. The average Bonchev–Trinajstić information content (AvgIpc) is 2.60. The molecule has 25 heavy (non-hydrogen) atoms. The minimum absolute atomic E-state index is 0.409. The molecule has 0 N–H and O–H groups in total. The maximum atomic E-state index is 12.8. The Kier molecular flexibility index (Phi) is 4.60. The summed E-state index contributed by atoms with van der Waals surface area (Å²) in [6, 6.07) is 1.70. The lowest BCUT2D eigenvalue weighted by atomic mass is 9.80. The molecule has 3 aliphatic rings. The maximum absolute atomic E-state index is 12.8. The quantitative estimate of drug-likeness (QED) is 0.830. The second kappa shape index (κ2) is 6.74. The molecule has 0 aromatic carbocycles. The Hall–Kier alpha value is -1.37. The number of likely N-dealkylation sites (tertiary alicyclic amines) is 1. The Bertz CT molecular complexity index is 600. The van der Waals surface area contributed by atoms with Gasteiger partial charge in [0.2, 0.25) is 0 Å². The van der Waals surface area contributed by atoms with E-state index in [1.807, 2.05) is 4.90 Å². The van der Waals surface area contributed by atoms with Crippen molar-refractivity contribution in [3.63, 3.8) is 0 Å². The van der Waals surface area contributed by atoms with Crippen LogP contribution >= 0.6 is 0 Å². The van der Waals surface area contributed by atoms with Gasteiger partial charge in [-0.25, -0.2) is 9.97 Å². The van der Waals surface area contributed by atoms with Crippen LogP contribution in [0, 0.1) is 11.8 Å². The van der Waals surface area contributed by atoms with Crippen molar-refractivity contribution >= 4 is 5.82 Å². The van der Waals surface area contributed by atoms with Gasteiger partial charge in [-0.1, -0.05) is 19.3 Å². The van der Waals surface area contributed by atoms with Crippen molar-refractivity contribution in [2.75, 3.05) is 31.1 Å². The maximum Gasteiger partial charge on any atom is 0.433 e. The van der Waals surface area contributed by atoms with Gasteiger partial charge in [0.25, 0.3) is 0 Å². The fourth-order valence-corrected chi connectivity index (χ4v) is 4.77. The highest BCUT2D eigenvalue weighted by molar-refractivity contribution is 5.40. The first-order chi connectivity index (χ1) is 12.0. The monoisotopic (exact) mass is 354 g/mol. The van der Waals surface area contributed by atoms with Gasteiger partial charge >= 0.3 is 6.18 Å². The van der Waals surface area contributed by atoms with Crippen LogP contribution in [0.3, 0.4) is 0 Å². The normalized spacial score (nSPS) is 28.5.